The van der Waals surface area contributed by atoms with Gasteiger partial charge in [0.2, 0.25) is 0 Å². The lowest BCUT2D eigenvalue weighted by atomic mass is 10.1. The molecule has 20 nitrogen and oxygen atoms in total. The minimum absolute atomic E-state index is 0.173. The van der Waals surface area contributed by atoms with E-state index < -0.39 is 6.04 Å². The summed E-state index contributed by atoms with van der Waals surface area (Å²) in [5, 5.41) is 23.4. The van der Waals surface area contributed by atoms with Crippen LogP contribution in [-0.2, 0) is 9.53 Å². The number of halogens is 2. The number of β-amino-alcohol motifs (C(OH)–C–C–N with tert-alkyl or cyclic N) is 1. The molecule has 7 N–H and O–H groups in total. The van der Waals surface area contributed by atoms with Crippen LogP contribution in [-0.4, -0.2) is 147 Å². The number of carbonyl (C=O) groups is 3. The molecule has 24 heteroatoms. The summed E-state index contributed by atoms with van der Waals surface area (Å²) in [6.45, 7) is 20.0. The zero-order valence-corrected chi connectivity index (χ0v) is 45.5. The highest BCUT2D eigenvalue weighted by atomic mass is 35.5. The van der Waals surface area contributed by atoms with Crippen LogP contribution < -0.4 is 36.8 Å². The SMILES string of the molecule is Cc1nc(Nc2ncc(C(=O)Nc3c(C)cccc3Cl)s2)cc(N2CCN(CCO)CC2)n1.Cc1nc(Nc2ncc(C(=O)Nc3c(C)cccc3Cl)s2)cc(N2CCN(CCOC(=O)[C@@H](N)CC(C)C)CC2)n1. The predicted molar refractivity (Wildman–Crippen MR) is 295 cm³/mol. The number of piperazine rings is 2. The molecule has 8 rings (SSSR count). The van der Waals surface area contributed by atoms with Crippen LogP contribution in [0.2, 0.25) is 10.0 Å². The zero-order chi connectivity index (χ0) is 52.9. The van der Waals surface area contributed by atoms with Crippen molar-refractivity contribution < 1.29 is 24.2 Å². The van der Waals surface area contributed by atoms with E-state index >= 15 is 0 Å². The van der Waals surface area contributed by atoms with Gasteiger partial charge in [-0.05, 0) is 63.3 Å². The van der Waals surface area contributed by atoms with Crippen LogP contribution in [0.5, 0.6) is 0 Å². The average molecular weight is 1090 g/mol. The lowest BCUT2D eigenvalue weighted by Crippen LogP contribution is -2.48. The van der Waals surface area contributed by atoms with E-state index in [1.807, 2.05) is 77.9 Å². The van der Waals surface area contributed by atoms with Crippen LogP contribution >= 0.6 is 45.9 Å². The Morgan fingerprint density at radius 3 is 1.55 bits per heavy atom. The first-order valence-corrected chi connectivity index (χ1v) is 26.7. The van der Waals surface area contributed by atoms with Crippen molar-refractivity contribution in [1.82, 2.24) is 39.7 Å². The molecule has 0 bridgehead atoms. The van der Waals surface area contributed by atoms with Crippen molar-refractivity contribution >= 4 is 109 Å². The molecule has 2 fully saturated rings. The van der Waals surface area contributed by atoms with E-state index in [-0.39, 0.29) is 24.4 Å². The molecule has 394 valence electrons. The Hall–Kier alpha value is -6.11. The third-order valence-electron chi connectivity index (χ3n) is 12.0. The topological polar surface area (TPSA) is 245 Å². The Balaban J connectivity index is 0.000000221. The molecule has 0 radical (unpaired) electrons. The molecule has 0 spiro atoms. The monoisotopic (exact) mass is 1090 g/mol. The van der Waals surface area contributed by atoms with Gasteiger partial charge in [0.25, 0.3) is 11.8 Å². The Labute approximate surface area is 449 Å². The van der Waals surface area contributed by atoms with Crippen molar-refractivity contribution in [3.8, 4) is 0 Å². The van der Waals surface area contributed by atoms with E-state index in [2.05, 4.69) is 70.8 Å². The predicted octanol–water partition coefficient (Wildman–Crippen LogP) is 7.55. The highest BCUT2D eigenvalue weighted by Crippen LogP contribution is 2.31. The number of esters is 1. The van der Waals surface area contributed by atoms with E-state index in [9.17, 15) is 14.4 Å². The number of hydrogen-bond acceptors (Lipinski definition) is 20. The number of thiazole rings is 2. The molecule has 0 saturated carbocycles. The second-order valence-corrected chi connectivity index (χ2v) is 21.1. The number of carbonyl (C=O) groups excluding carboxylic acids is 3. The van der Waals surface area contributed by atoms with Crippen molar-refractivity contribution in [3.63, 3.8) is 0 Å². The van der Waals surface area contributed by atoms with Crippen LogP contribution in [0.1, 0.15) is 62.4 Å². The van der Waals surface area contributed by atoms with Crippen molar-refractivity contribution in [2.75, 3.05) is 110 Å². The van der Waals surface area contributed by atoms with Crippen molar-refractivity contribution in [2.24, 2.45) is 11.7 Å². The smallest absolute Gasteiger partial charge is 0.322 e. The molecule has 4 aromatic heterocycles. The highest BCUT2D eigenvalue weighted by Gasteiger charge is 2.23. The first-order chi connectivity index (χ1) is 35.5. The van der Waals surface area contributed by atoms with Gasteiger partial charge in [0, 0.05) is 77.6 Å². The van der Waals surface area contributed by atoms with Crippen molar-refractivity contribution in [2.45, 2.75) is 54.0 Å². The number of ether oxygens (including phenoxy) is 1. The number of para-hydroxylation sites is 2. The van der Waals surface area contributed by atoms with Gasteiger partial charge in [-0.15, -0.1) is 0 Å². The van der Waals surface area contributed by atoms with Crippen LogP contribution in [0, 0.1) is 33.6 Å². The van der Waals surface area contributed by atoms with Gasteiger partial charge in [-0.2, -0.15) is 0 Å². The van der Waals surface area contributed by atoms with E-state index in [0.717, 1.165) is 75.1 Å². The Morgan fingerprint density at radius 1 is 0.689 bits per heavy atom. The standard InChI is InChI=1S/C28H37ClN8O3S.C22H26ClN7O2S/c1-17(2)14-21(30)27(39)40-13-12-36-8-10-37(11-9-36)24-15-23(32-19(4)33-24)34-28-31-16-22(41-28)26(38)35-25-18(3)6-5-7-20(25)29;1-14-4-3-5-16(23)20(14)28-21(32)17-13-24-22(33-17)27-18-12-19(26-15(2)25-18)30-8-6-29(7-9-30)10-11-31/h5-7,15-17,21H,8-14,30H2,1-4H3,(H,35,38)(H,31,32,33,34);3-5,12-13,31H,6-11H2,1-2H3,(H,28,32)(H,24,25,26,27)/t21-;/m0./s1. The average Bonchev–Trinajstić information content (AvgIpc) is 4.04. The van der Waals surface area contributed by atoms with Gasteiger partial charge in [0.05, 0.1) is 40.4 Å². The number of benzene rings is 2. The molecule has 0 aliphatic carbocycles. The normalized spacial score (nSPS) is 14.5. The number of aliphatic hydroxyl groups excluding tert-OH is 1. The summed E-state index contributed by atoms with van der Waals surface area (Å²) in [5.41, 5.74) is 8.86. The summed E-state index contributed by atoms with van der Waals surface area (Å²) >= 11 is 14.9. The Morgan fingerprint density at radius 2 is 1.14 bits per heavy atom. The molecule has 2 aliphatic rings. The molecular weight excluding hydrogens is 1030 g/mol. The molecule has 2 aromatic carbocycles. The minimum atomic E-state index is -0.568. The van der Waals surface area contributed by atoms with Gasteiger partial charge in [0.1, 0.15) is 57.3 Å². The number of nitrogens with zero attached hydrogens (tertiary/aromatic N) is 10. The number of anilines is 8. The van der Waals surface area contributed by atoms with Gasteiger partial charge < -0.3 is 46.6 Å². The summed E-state index contributed by atoms with van der Waals surface area (Å²) in [7, 11) is 0. The van der Waals surface area contributed by atoms with Gasteiger partial charge in [-0.3, -0.25) is 24.2 Å². The summed E-state index contributed by atoms with van der Waals surface area (Å²) in [6.07, 6.45) is 3.68. The van der Waals surface area contributed by atoms with Crippen molar-refractivity contribution in [1.29, 1.82) is 0 Å². The maximum atomic E-state index is 12.8. The fraction of sp³-hybridized carbons (Fsp3) is 0.420. The molecule has 2 aliphatic heterocycles. The molecule has 74 heavy (non-hydrogen) atoms. The number of nitrogens with one attached hydrogen (secondary N) is 4. The number of nitrogens with two attached hydrogens (primary N) is 1. The zero-order valence-electron chi connectivity index (χ0n) is 42.3. The largest absolute Gasteiger partial charge is 0.463 e. The fourth-order valence-electron chi connectivity index (χ4n) is 8.11. The summed E-state index contributed by atoms with van der Waals surface area (Å²) < 4.78 is 5.38. The van der Waals surface area contributed by atoms with E-state index in [4.69, 9.17) is 38.8 Å². The van der Waals surface area contributed by atoms with E-state index in [1.165, 1.54) is 35.1 Å². The highest BCUT2D eigenvalue weighted by molar-refractivity contribution is 7.18. The van der Waals surface area contributed by atoms with Crippen LogP contribution in [0.15, 0.2) is 60.9 Å². The van der Waals surface area contributed by atoms with Crippen LogP contribution in [0.4, 0.5) is 44.9 Å². The quantitative estimate of drug-likeness (QED) is 0.0455. The first kappa shape index (κ1) is 55.6. The molecule has 6 aromatic rings. The summed E-state index contributed by atoms with van der Waals surface area (Å²) in [4.78, 5) is 74.2. The molecule has 6 heterocycles. The van der Waals surface area contributed by atoms with E-state index in [1.54, 1.807) is 12.1 Å². The number of rotatable bonds is 18. The summed E-state index contributed by atoms with van der Waals surface area (Å²) in [6, 6.07) is 14.1. The van der Waals surface area contributed by atoms with Gasteiger partial charge in [-0.1, -0.05) is 84.0 Å². The van der Waals surface area contributed by atoms with E-state index in [0.29, 0.717) is 96.8 Å². The molecule has 0 unspecified atom stereocenters. The minimum Gasteiger partial charge on any atom is -0.463 e. The van der Waals surface area contributed by atoms with Crippen LogP contribution in [0.3, 0.4) is 0 Å². The maximum Gasteiger partial charge on any atom is 0.322 e. The fourth-order valence-corrected chi connectivity index (χ4v) is 10.1. The lowest BCUT2D eigenvalue weighted by Gasteiger charge is -2.35. The third-order valence-corrected chi connectivity index (χ3v) is 14.4. The first-order valence-electron chi connectivity index (χ1n) is 24.3. The third kappa shape index (κ3) is 15.7. The van der Waals surface area contributed by atoms with Crippen LogP contribution in [0.25, 0.3) is 0 Å². The lowest BCUT2D eigenvalue weighted by molar-refractivity contribution is -0.146. The molecule has 2 amide bonds. The summed E-state index contributed by atoms with van der Waals surface area (Å²) in [5.74, 6) is 3.62. The Bertz CT molecular complexity index is 2830. The Kier molecular flexibility index (Phi) is 19.8. The number of aliphatic hydroxyl groups is 1. The second kappa shape index (κ2) is 26.4. The second-order valence-electron chi connectivity index (χ2n) is 18.2. The van der Waals surface area contributed by atoms with Gasteiger partial charge >= 0.3 is 5.97 Å². The van der Waals surface area contributed by atoms with Crippen molar-refractivity contribution in [3.05, 3.63) is 103 Å². The number of aromatic nitrogens is 6. The molecule has 1 atom stereocenters. The molecule has 2 saturated heterocycles. The maximum absolute atomic E-state index is 12.8. The number of amides is 2. The number of aryl methyl sites for hydroxylation is 4. The van der Waals surface area contributed by atoms with Gasteiger partial charge in [0.15, 0.2) is 10.3 Å². The molecular formula is C50H63Cl2N15O5S2. The van der Waals surface area contributed by atoms with Gasteiger partial charge in [-0.25, -0.2) is 29.9 Å². The number of hydrogen-bond donors (Lipinski definition) is 6.